The molecule has 0 unspecified atom stereocenters. The van der Waals surface area contributed by atoms with Gasteiger partial charge < -0.3 is 0 Å². The molecule has 1 N–H and O–H groups in total. The molecule has 0 aliphatic carbocycles. The van der Waals surface area contributed by atoms with Gasteiger partial charge in [0.1, 0.15) is 11.4 Å². The van der Waals surface area contributed by atoms with E-state index in [1.54, 1.807) is 6.08 Å². The van der Waals surface area contributed by atoms with E-state index < -0.39 is 0 Å². The number of carbonyl (C=O) groups excluding carboxylic acids is 1. The second-order valence-corrected chi connectivity index (χ2v) is 6.66. The monoisotopic (exact) mass is 366 g/mol. The molecule has 0 bridgehead atoms. The summed E-state index contributed by atoms with van der Waals surface area (Å²) < 4.78 is 1.29. The summed E-state index contributed by atoms with van der Waals surface area (Å²) in [6.07, 6.45) is 7.35. The van der Waals surface area contributed by atoms with E-state index >= 15 is 0 Å². The molecule has 2 heterocycles. The van der Waals surface area contributed by atoms with Crippen molar-refractivity contribution < 1.29 is 4.79 Å². The molecule has 0 spiro atoms. The number of hydrogen-bond acceptors (Lipinski definition) is 5. The average Bonchev–Trinajstić information content (AvgIpc) is 3.09. The topological polar surface area (TPSA) is 76.3 Å². The van der Waals surface area contributed by atoms with Crippen LogP contribution in [0.15, 0.2) is 58.7 Å². The zero-order valence-electron chi connectivity index (χ0n) is 14.3. The third-order valence-electron chi connectivity index (χ3n) is 3.67. The number of allylic oxidation sites excluding steroid dienone is 1. The molecule has 0 aliphatic heterocycles. The highest BCUT2D eigenvalue weighted by molar-refractivity contribution is 7.18. The van der Waals surface area contributed by atoms with Crippen molar-refractivity contribution in [2.24, 2.45) is 5.10 Å². The first-order valence-corrected chi connectivity index (χ1v) is 9.00. The number of fused-ring (bicyclic) bond motifs is 1. The van der Waals surface area contributed by atoms with Crippen molar-refractivity contribution in [2.45, 2.75) is 19.9 Å². The Balaban J connectivity index is 1.60. The second kappa shape index (κ2) is 8.35. The molecule has 7 heteroatoms. The third kappa shape index (κ3) is 4.31. The summed E-state index contributed by atoms with van der Waals surface area (Å²) in [5.41, 5.74) is 3.23. The van der Waals surface area contributed by atoms with Crippen LogP contribution >= 0.6 is 11.3 Å². The summed E-state index contributed by atoms with van der Waals surface area (Å²) in [7, 11) is 0. The maximum atomic E-state index is 12.4. The number of benzene rings is 1. The van der Waals surface area contributed by atoms with E-state index in [4.69, 9.17) is 0 Å². The van der Waals surface area contributed by atoms with Gasteiger partial charge in [-0.15, -0.1) is 11.3 Å². The van der Waals surface area contributed by atoms with E-state index in [1.807, 2.05) is 49.4 Å². The van der Waals surface area contributed by atoms with Crippen LogP contribution in [0.1, 0.15) is 17.4 Å². The maximum Gasteiger partial charge on any atom is 0.262 e. The van der Waals surface area contributed by atoms with Crippen LogP contribution in [0.2, 0.25) is 0 Å². The lowest BCUT2D eigenvalue weighted by Gasteiger charge is -2.03. The predicted molar refractivity (Wildman–Crippen MR) is 105 cm³/mol. The molecule has 3 rings (SSSR count). The summed E-state index contributed by atoms with van der Waals surface area (Å²) in [5, 5.41) is 4.40. The molecule has 6 nitrogen and oxygen atoms in total. The lowest BCUT2D eigenvalue weighted by Crippen LogP contribution is -2.29. The van der Waals surface area contributed by atoms with Gasteiger partial charge in [0.2, 0.25) is 0 Å². The number of thiophene rings is 1. The van der Waals surface area contributed by atoms with Crippen molar-refractivity contribution in [1.29, 1.82) is 0 Å². The van der Waals surface area contributed by atoms with Gasteiger partial charge in [0.25, 0.3) is 11.5 Å². The number of aromatic nitrogens is 2. The first-order valence-electron chi connectivity index (χ1n) is 8.19. The Labute approximate surface area is 154 Å². The molecule has 26 heavy (non-hydrogen) atoms. The van der Waals surface area contributed by atoms with Crippen LogP contribution in [0.25, 0.3) is 16.3 Å². The molecule has 1 amide bonds. The van der Waals surface area contributed by atoms with Crippen molar-refractivity contribution in [2.75, 3.05) is 0 Å². The third-order valence-corrected chi connectivity index (χ3v) is 4.86. The number of carbonyl (C=O) groups is 1. The number of aryl methyl sites for hydroxylation is 1. The number of nitrogens with one attached hydrogen (secondary N) is 1. The minimum Gasteiger partial charge on any atom is -0.289 e. The van der Waals surface area contributed by atoms with Crippen LogP contribution in [0.5, 0.6) is 0 Å². The smallest absolute Gasteiger partial charge is 0.262 e. The molecule has 1 aromatic carbocycles. The quantitative estimate of drug-likeness (QED) is 0.538. The summed E-state index contributed by atoms with van der Waals surface area (Å²) in [6, 6.07) is 11.6. The lowest BCUT2D eigenvalue weighted by molar-refractivity contribution is -0.121. The van der Waals surface area contributed by atoms with E-state index in [0.717, 1.165) is 16.9 Å². The first-order chi connectivity index (χ1) is 12.7. The van der Waals surface area contributed by atoms with Crippen molar-refractivity contribution in [3.8, 4) is 0 Å². The Morgan fingerprint density at radius 1 is 1.35 bits per heavy atom. The Morgan fingerprint density at radius 2 is 2.15 bits per heavy atom. The van der Waals surface area contributed by atoms with Crippen LogP contribution in [0.4, 0.5) is 0 Å². The largest absolute Gasteiger partial charge is 0.289 e. The fraction of sp³-hybridized carbons (Fsp3) is 0.158. The minimum absolute atomic E-state index is 0.126. The predicted octanol–water partition coefficient (Wildman–Crippen LogP) is 2.84. The zero-order chi connectivity index (χ0) is 18.4. The molecule has 0 saturated heterocycles. The summed E-state index contributed by atoms with van der Waals surface area (Å²) in [6.45, 7) is 1.90. The molecule has 0 radical (unpaired) electrons. The molecule has 0 fully saturated rings. The zero-order valence-corrected chi connectivity index (χ0v) is 15.1. The Hall–Kier alpha value is -3.06. The number of hydrogen-bond donors (Lipinski definition) is 1. The van der Waals surface area contributed by atoms with Gasteiger partial charge >= 0.3 is 0 Å². The standard InChI is InChI=1S/C19H18N4O2S/c1-2-15-11-16-18(26-15)20-13-23(19(16)25)12-17(24)22-21-10-6-9-14-7-4-3-5-8-14/h3-11,13H,2,12H2,1H3,(H,22,24). The van der Waals surface area contributed by atoms with Crippen LogP contribution in [0.3, 0.4) is 0 Å². The highest BCUT2D eigenvalue weighted by Crippen LogP contribution is 2.20. The van der Waals surface area contributed by atoms with E-state index in [0.29, 0.717) is 10.2 Å². The number of rotatable bonds is 6. The molecular formula is C19H18N4O2S. The van der Waals surface area contributed by atoms with Gasteiger partial charge in [-0.3, -0.25) is 14.2 Å². The van der Waals surface area contributed by atoms with E-state index in [1.165, 1.54) is 28.4 Å². The van der Waals surface area contributed by atoms with Gasteiger partial charge in [0.15, 0.2) is 0 Å². The van der Waals surface area contributed by atoms with Gasteiger partial charge in [0, 0.05) is 11.1 Å². The number of hydrazone groups is 1. The molecule has 3 aromatic rings. The van der Waals surface area contributed by atoms with Crippen LogP contribution < -0.4 is 11.0 Å². The first kappa shape index (κ1) is 17.8. The minimum atomic E-state index is -0.386. The number of nitrogens with zero attached hydrogens (tertiary/aromatic N) is 3. The molecule has 132 valence electrons. The van der Waals surface area contributed by atoms with Crippen LogP contribution in [-0.2, 0) is 17.8 Å². The molecule has 0 aliphatic rings. The average molecular weight is 366 g/mol. The van der Waals surface area contributed by atoms with Crippen molar-refractivity contribution >= 4 is 39.8 Å². The second-order valence-electron chi connectivity index (χ2n) is 5.55. The van der Waals surface area contributed by atoms with E-state index in [-0.39, 0.29) is 18.0 Å². The van der Waals surface area contributed by atoms with Crippen molar-refractivity contribution in [3.05, 3.63) is 69.6 Å². The maximum absolute atomic E-state index is 12.4. The molecule has 2 aromatic heterocycles. The Morgan fingerprint density at radius 3 is 2.92 bits per heavy atom. The SMILES string of the molecule is CCc1cc2c(=O)n(CC(=O)NN=CC=Cc3ccccc3)cnc2s1. The van der Waals surface area contributed by atoms with Gasteiger partial charge in [-0.2, -0.15) is 5.10 Å². The van der Waals surface area contributed by atoms with Crippen molar-refractivity contribution in [3.63, 3.8) is 0 Å². The Bertz CT molecular complexity index is 1020. The van der Waals surface area contributed by atoms with E-state index in [2.05, 4.69) is 15.5 Å². The highest BCUT2D eigenvalue weighted by atomic mass is 32.1. The Kier molecular flexibility index (Phi) is 5.70. The molecule has 0 atom stereocenters. The lowest BCUT2D eigenvalue weighted by atomic mass is 10.2. The van der Waals surface area contributed by atoms with Gasteiger partial charge in [-0.05, 0) is 24.1 Å². The van der Waals surface area contributed by atoms with Gasteiger partial charge in [0.05, 0.1) is 11.7 Å². The van der Waals surface area contributed by atoms with Crippen LogP contribution in [-0.4, -0.2) is 21.7 Å². The van der Waals surface area contributed by atoms with Gasteiger partial charge in [-0.25, -0.2) is 10.4 Å². The fourth-order valence-corrected chi connectivity index (χ4v) is 3.28. The van der Waals surface area contributed by atoms with E-state index in [9.17, 15) is 9.59 Å². The van der Waals surface area contributed by atoms with Crippen molar-refractivity contribution in [1.82, 2.24) is 15.0 Å². The number of amides is 1. The van der Waals surface area contributed by atoms with Crippen LogP contribution in [0, 0.1) is 0 Å². The summed E-state index contributed by atoms with van der Waals surface area (Å²) in [4.78, 5) is 30.4. The fourth-order valence-electron chi connectivity index (χ4n) is 2.36. The summed E-state index contributed by atoms with van der Waals surface area (Å²) >= 11 is 1.50. The van der Waals surface area contributed by atoms with Gasteiger partial charge in [-0.1, -0.05) is 43.3 Å². The normalized spacial score (nSPS) is 11.6. The molecule has 0 saturated carbocycles. The summed E-state index contributed by atoms with van der Waals surface area (Å²) in [5.74, 6) is -0.386. The highest BCUT2D eigenvalue weighted by Gasteiger charge is 2.10. The molecular weight excluding hydrogens is 348 g/mol.